The quantitative estimate of drug-likeness (QED) is 0.928. The van der Waals surface area contributed by atoms with E-state index < -0.39 is 0 Å². The predicted octanol–water partition coefficient (Wildman–Crippen LogP) is 2.22. The van der Waals surface area contributed by atoms with Gasteiger partial charge in [0.2, 0.25) is 5.91 Å². The van der Waals surface area contributed by atoms with Crippen molar-refractivity contribution in [1.29, 1.82) is 0 Å². The van der Waals surface area contributed by atoms with Gasteiger partial charge in [0.15, 0.2) is 0 Å². The number of benzene rings is 2. The van der Waals surface area contributed by atoms with E-state index in [2.05, 4.69) is 24.3 Å². The van der Waals surface area contributed by atoms with Crippen LogP contribution in [0.1, 0.15) is 12.0 Å². The van der Waals surface area contributed by atoms with Crippen LogP contribution in [0.15, 0.2) is 42.5 Å². The van der Waals surface area contributed by atoms with Crippen molar-refractivity contribution in [2.75, 3.05) is 19.7 Å². The first-order valence-electron chi connectivity index (χ1n) is 7.12. The minimum absolute atomic E-state index is 0.163. The van der Waals surface area contributed by atoms with Crippen LogP contribution >= 0.6 is 0 Å². The summed E-state index contributed by atoms with van der Waals surface area (Å²) < 4.78 is 0. The molecule has 104 valence electrons. The third-order valence-corrected chi connectivity index (χ3v) is 4.07. The highest BCUT2D eigenvalue weighted by Crippen LogP contribution is 2.19. The highest BCUT2D eigenvalue weighted by molar-refractivity contribution is 5.85. The second kappa shape index (κ2) is 5.63. The van der Waals surface area contributed by atoms with Crippen molar-refractivity contribution < 1.29 is 9.90 Å². The van der Waals surface area contributed by atoms with Gasteiger partial charge in [0.1, 0.15) is 0 Å². The van der Waals surface area contributed by atoms with Gasteiger partial charge in [-0.15, -0.1) is 0 Å². The first-order valence-corrected chi connectivity index (χ1v) is 7.12. The Morgan fingerprint density at radius 1 is 1.20 bits per heavy atom. The van der Waals surface area contributed by atoms with Gasteiger partial charge in [-0.05, 0) is 22.8 Å². The summed E-state index contributed by atoms with van der Waals surface area (Å²) in [6.07, 6.45) is 1.36. The standard InChI is InChI=1S/C17H19NO2/c19-12-14-7-8-18(11-14)17(20)10-13-5-6-15-3-1-2-4-16(15)9-13/h1-6,9,14,19H,7-8,10-12H2. The first kappa shape index (κ1) is 13.1. The second-order valence-corrected chi connectivity index (χ2v) is 5.54. The van der Waals surface area contributed by atoms with Gasteiger partial charge in [0, 0.05) is 25.6 Å². The van der Waals surface area contributed by atoms with Gasteiger partial charge >= 0.3 is 0 Å². The molecule has 1 fully saturated rings. The minimum atomic E-state index is 0.163. The lowest BCUT2D eigenvalue weighted by Crippen LogP contribution is -2.30. The molecule has 2 aromatic rings. The zero-order chi connectivity index (χ0) is 13.9. The van der Waals surface area contributed by atoms with Crippen LogP contribution < -0.4 is 0 Å². The summed E-state index contributed by atoms with van der Waals surface area (Å²) in [6, 6.07) is 14.4. The van der Waals surface area contributed by atoms with Gasteiger partial charge in [0.25, 0.3) is 0 Å². The summed E-state index contributed by atoms with van der Waals surface area (Å²) in [4.78, 5) is 14.1. The molecule has 2 aromatic carbocycles. The molecule has 20 heavy (non-hydrogen) atoms. The van der Waals surface area contributed by atoms with Crippen molar-refractivity contribution in [3.8, 4) is 0 Å². The molecular weight excluding hydrogens is 250 g/mol. The number of likely N-dealkylation sites (tertiary alicyclic amines) is 1. The zero-order valence-corrected chi connectivity index (χ0v) is 11.5. The fourth-order valence-corrected chi connectivity index (χ4v) is 2.84. The third-order valence-electron chi connectivity index (χ3n) is 4.07. The molecule has 1 unspecified atom stereocenters. The highest BCUT2D eigenvalue weighted by Gasteiger charge is 2.25. The lowest BCUT2D eigenvalue weighted by atomic mass is 10.0. The monoisotopic (exact) mass is 269 g/mol. The van der Waals surface area contributed by atoms with Crippen LogP contribution in [-0.4, -0.2) is 35.6 Å². The van der Waals surface area contributed by atoms with Crippen molar-refractivity contribution >= 4 is 16.7 Å². The fraction of sp³-hybridized carbons (Fsp3) is 0.353. The average molecular weight is 269 g/mol. The summed E-state index contributed by atoms with van der Waals surface area (Å²) in [5, 5.41) is 11.5. The number of nitrogens with zero attached hydrogens (tertiary/aromatic N) is 1. The van der Waals surface area contributed by atoms with Crippen LogP contribution in [0.4, 0.5) is 0 Å². The van der Waals surface area contributed by atoms with E-state index in [4.69, 9.17) is 5.11 Å². The molecule has 0 aliphatic carbocycles. The summed E-state index contributed by atoms with van der Waals surface area (Å²) in [5.74, 6) is 0.423. The number of fused-ring (bicyclic) bond motifs is 1. The van der Waals surface area contributed by atoms with E-state index in [1.54, 1.807) is 0 Å². The first-order chi connectivity index (χ1) is 9.76. The highest BCUT2D eigenvalue weighted by atomic mass is 16.3. The molecule has 0 radical (unpaired) electrons. The molecule has 1 amide bonds. The molecule has 1 saturated heterocycles. The molecule has 0 saturated carbocycles. The molecule has 1 heterocycles. The van der Waals surface area contributed by atoms with Gasteiger partial charge in [-0.1, -0.05) is 42.5 Å². The lowest BCUT2D eigenvalue weighted by Gasteiger charge is -2.16. The van der Waals surface area contributed by atoms with E-state index in [1.807, 2.05) is 23.1 Å². The summed E-state index contributed by atoms with van der Waals surface area (Å²) >= 11 is 0. The average Bonchev–Trinajstić information content (AvgIpc) is 2.96. The number of carbonyl (C=O) groups excluding carboxylic acids is 1. The van der Waals surface area contributed by atoms with Crippen LogP contribution in [0, 0.1) is 5.92 Å². The maximum atomic E-state index is 12.3. The number of hydrogen-bond acceptors (Lipinski definition) is 2. The number of aliphatic hydroxyl groups excluding tert-OH is 1. The van der Waals surface area contributed by atoms with Crippen molar-refractivity contribution in [2.45, 2.75) is 12.8 Å². The molecule has 0 bridgehead atoms. The molecule has 0 aromatic heterocycles. The van der Waals surface area contributed by atoms with Crippen molar-refractivity contribution in [2.24, 2.45) is 5.92 Å². The molecular formula is C17H19NO2. The van der Waals surface area contributed by atoms with E-state index >= 15 is 0 Å². The van der Waals surface area contributed by atoms with Crippen molar-refractivity contribution in [3.63, 3.8) is 0 Å². The number of rotatable bonds is 3. The largest absolute Gasteiger partial charge is 0.396 e. The van der Waals surface area contributed by atoms with Crippen molar-refractivity contribution in [3.05, 3.63) is 48.0 Å². The molecule has 1 aliphatic rings. The number of amides is 1. The third kappa shape index (κ3) is 2.68. The predicted molar refractivity (Wildman–Crippen MR) is 79.4 cm³/mol. The summed E-state index contributed by atoms with van der Waals surface area (Å²) in [7, 11) is 0. The number of carbonyl (C=O) groups is 1. The Kier molecular flexibility index (Phi) is 3.70. The Bertz CT molecular complexity index is 623. The Morgan fingerprint density at radius 2 is 2.00 bits per heavy atom. The molecule has 1 atom stereocenters. The van der Waals surface area contributed by atoms with Crippen LogP contribution in [-0.2, 0) is 11.2 Å². The molecule has 1 N–H and O–H groups in total. The van der Waals surface area contributed by atoms with Crippen LogP contribution in [0.5, 0.6) is 0 Å². The number of hydrogen-bond donors (Lipinski definition) is 1. The van der Waals surface area contributed by atoms with Gasteiger partial charge < -0.3 is 10.0 Å². The van der Waals surface area contributed by atoms with E-state index in [1.165, 1.54) is 10.8 Å². The van der Waals surface area contributed by atoms with Crippen LogP contribution in [0.2, 0.25) is 0 Å². The molecule has 3 heteroatoms. The smallest absolute Gasteiger partial charge is 0.227 e. The molecule has 1 aliphatic heterocycles. The van der Waals surface area contributed by atoms with Gasteiger partial charge in [-0.2, -0.15) is 0 Å². The van der Waals surface area contributed by atoms with Gasteiger partial charge in [0.05, 0.1) is 6.42 Å². The SMILES string of the molecule is O=C(Cc1ccc2ccccc2c1)N1CCC(CO)C1. The normalized spacial score (nSPS) is 18.6. The van der Waals surface area contributed by atoms with E-state index in [9.17, 15) is 4.79 Å². The van der Waals surface area contributed by atoms with Crippen molar-refractivity contribution in [1.82, 2.24) is 4.90 Å². The fourth-order valence-electron chi connectivity index (χ4n) is 2.84. The van der Waals surface area contributed by atoms with E-state index in [0.717, 1.165) is 18.5 Å². The minimum Gasteiger partial charge on any atom is -0.396 e. The molecule has 3 rings (SSSR count). The summed E-state index contributed by atoms with van der Waals surface area (Å²) in [6.45, 7) is 1.65. The Morgan fingerprint density at radius 3 is 2.75 bits per heavy atom. The Labute approximate surface area is 118 Å². The van der Waals surface area contributed by atoms with E-state index in [0.29, 0.717) is 13.0 Å². The van der Waals surface area contributed by atoms with Crippen LogP contribution in [0.25, 0.3) is 10.8 Å². The van der Waals surface area contributed by atoms with Gasteiger partial charge in [-0.3, -0.25) is 4.79 Å². The van der Waals surface area contributed by atoms with Gasteiger partial charge in [-0.25, -0.2) is 0 Å². The van der Waals surface area contributed by atoms with Crippen LogP contribution in [0.3, 0.4) is 0 Å². The maximum Gasteiger partial charge on any atom is 0.227 e. The maximum absolute atomic E-state index is 12.3. The molecule has 3 nitrogen and oxygen atoms in total. The zero-order valence-electron chi connectivity index (χ0n) is 11.5. The summed E-state index contributed by atoms with van der Waals surface area (Å²) in [5.41, 5.74) is 1.06. The lowest BCUT2D eigenvalue weighted by molar-refractivity contribution is -0.129. The molecule has 0 spiro atoms. The Hall–Kier alpha value is -1.87. The second-order valence-electron chi connectivity index (χ2n) is 5.54. The number of aliphatic hydroxyl groups is 1. The Balaban J connectivity index is 1.71. The topological polar surface area (TPSA) is 40.5 Å². The van der Waals surface area contributed by atoms with E-state index in [-0.39, 0.29) is 18.4 Å².